The lowest BCUT2D eigenvalue weighted by Gasteiger charge is -2.15. The highest BCUT2D eigenvalue weighted by Gasteiger charge is 2.30. The van der Waals surface area contributed by atoms with Crippen LogP contribution in [-0.4, -0.2) is 37.1 Å². The zero-order valence-electron chi connectivity index (χ0n) is 9.91. The normalized spacial score (nSPS) is 22.4. The molecule has 0 radical (unpaired) electrons. The van der Waals surface area contributed by atoms with Gasteiger partial charge in [0.15, 0.2) is 15.7 Å². The minimum atomic E-state index is -3.03. The van der Waals surface area contributed by atoms with Crippen LogP contribution in [0.3, 0.4) is 0 Å². The van der Waals surface area contributed by atoms with Crippen molar-refractivity contribution in [1.82, 2.24) is 0 Å². The molecule has 1 aromatic carbocycles. The number of oxime groups is 1. The summed E-state index contributed by atoms with van der Waals surface area (Å²) in [5, 5.41) is 11.9. The lowest BCUT2D eigenvalue weighted by molar-refractivity contribution is 0.228. The second kappa shape index (κ2) is 5.26. The van der Waals surface area contributed by atoms with Gasteiger partial charge in [0, 0.05) is 0 Å². The second-order valence-electron chi connectivity index (χ2n) is 4.24. The van der Waals surface area contributed by atoms with Gasteiger partial charge in [-0.3, -0.25) is 0 Å². The van der Waals surface area contributed by atoms with E-state index in [1.807, 2.05) is 0 Å². The first kappa shape index (κ1) is 14.0. The first-order chi connectivity index (χ1) is 8.93. The van der Waals surface area contributed by atoms with Gasteiger partial charge in [-0.2, -0.15) is 0 Å². The van der Waals surface area contributed by atoms with E-state index < -0.39 is 15.9 Å². The SMILES string of the molecule is N/C(=N/O)c1c(Cl)cccc1OC1CCS(=O)(=O)C1. The van der Waals surface area contributed by atoms with Crippen LogP contribution in [0.1, 0.15) is 12.0 Å². The van der Waals surface area contributed by atoms with Gasteiger partial charge in [0.05, 0.1) is 22.1 Å². The molecule has 0 saturated carbocycles. The Morgan fingerprint density at radius 3 is 2.84 bits per heavy atom. The van der Waals surface area contributed by atoms with Gasteiger partial charge in [-0.1, -0.05) is 22.8 Å². The number of sulfone groups is 1. The Hall–Kier alpha value is -1.47. The number of ether oxygens (including phenoxy) is 1. The number of halogens is 1. The standard InChI is InChI=1S/C11H13ClN2O4S/c12-8-2-1-3-9(10(8)11(13)14-15)18-7-4-5-19(16,17)6-7/h1-3,7,15H,4-6H2,(H2,13,14). The first-order valence-electron chi connectivity index (χ1n) is 5.56. The zero-order chi connectivity index (χ0) is 14.0. The fourth-order valence-electron chi connectivity index (χ4n) is 1.93. The molecule has 1 fully saturated rings. The zero-order valence-corrected chi connectivity index (χ0v) is 11.5. The summed E-state index contributed by atoms with van der Waals surface area (Å²) >= 11 is 5.97. The summed E-state index contributed by atoms with van der Waals surface area (Å²) in [7, 11) is -3.03. The molecule has 3 N–H and O–H groups in total. The summed E-state index contributed by atoms with van der Waals surface area (Å²) in [6, 6.07) is 4.83. The first-order valence-corrected chi connectivity index (χ1v) is 7.76. The smallest absolute Gasteiger partial charge is 0.175 e. The van der Waals surface area contributed by atoms with Gasteiger partial charge >= 0.3 is 0 Å². The van der Waals surface area contributed by atoms with Gasteiger partial charge in [0.25, 0.3) is 0 Å². The van der Waals surface area contributed by atoms with Crippen molar-refractivity contribution in [1.29, 1.82) is 0 Å². The molecule has 0 amide bonds. The molecule has 0 spiro atoms. The van der Waals surface area contributed by atoms with E-state index in [1.165, 1.54) is 0 Å². The Bertz CT molecular complexity index is 615. The minimum absolute atomic E-state index is 0.0326. The van der Waals surface area contributed by atoms with Crippen LogP contribution < -0.4 is 10.5 Å². The third-order valence-corrected chi connectivity index (χ3v) is 4.88. The number of benzene rings is 1. The average molecular weight is 305 g/mol. The van der Waals surface area contributed by atoms with E-state index in [-0.39, 0.29) is 27.9 Å². The monoisotopic (exact) mass is 304 g/mol. The van der Waals surface area contributed by atoms with Crippen LogP contribution in [0.15, 0.2) is 23.4 Å². The molecule has 1 aromatic rings. The summed E-state index contributed by atoms with van der Waals surface area (Å²) in [5.41, 5.74) is 5.80. The number of amidine groups is 1. The van der Waals surface area contributed by atoms with Crippen LogP contribution in [0.2, 0.25) is 5.02 Å². The number of hydrogen-bond acceptors (Lipinski definition) is 5. The van der Waals surface area contributed by atoms with E-state index in [0.717, 1.165) is 0 Å². The van der Waals surface area contributed by atoms with E-state index in [9.17, 15) is 8.42 Å². The molecule has 0 aliphatic carbocycles. The molecule has 0 aromatic heterocycles. The molecule has 8 heteroatoms. The quantitative estimate of drug-likeness (QED) is 0.375. The topological polar surface area (TPSA) is 102 Å². The van der Waals surface area contributed by atoms with Gasteiger partial charge in [-0.15, -0.1) is 0 Å². The van der Waals surface area contributed by atoms with Crippen LogP contribution >= 0.6 is 11.6 Å². The fourth-order valence-corrected chi connectivity index (χ4v) is 3.79. The molecule has 1 atom stereocenters. The van der Waals surface area contributed by atoms with Gasteiger partial charge < -0.3 is 15.7 Å². The van der Waals surface area contributed by atoms with Crippen molar-refractivity contribution in [3.8, 4) is 5.75 Å². The third-order valence-electron chi connectivity index (χ3n) is 2.82. The molecule has 1 unspecified atom stereocenters. The molecule has 1 heterocycles. The second-order valence-corrected chi connectivity index (χ2v) is 6.88. The van der Waals surface area contributed by atoms with Crippen LogP contribution in [0.5, 0.6) is 5.75 Å². The molecule has 1 saturated heterocycles. The minimum Gasteiger partial charge on any atom is -0.489 e. The summed E-state index contributed by atoms with van der Waals surface area (Å²) in [4.78, 5) is 0. The number of nitrogens with zero attached hydrogens (tertiary/aromatic N) is 1. The molecule has 0 bridgehead atoms. The van der Waals surface area contributed by atoms with E-state index in [0.29, 0.717) is 12.2 Å². The predicted octanol–water partition coefficient (Wildman–Crippen LogP) is 1.00. The largest absolute Gasteiger partial charge is 0.489 e. The van der Waals surface area contributed by atoms with Crippen molar-refractivity contribution in [3.05, 3.63) is 28.8 Å². The van der Waals surface area contributed by atoms with Crippen molar-refractivity contribution in [3.63, 3.8) is 0 Å². The van der Waals surface area contributed by atoms with Gasteiger partial charge in [-0.25, -0.2) is 8.42 Å². The number of hydrogen-bond donors (Lipinski definition) is 2. The Balaban J connectivity index is 2.29. The maximum Gasteiger partial charge on any atom is 0.175 e. The third kappa shape index (κ3) is 3.10. The molecule has 2 rings (SSSR count). The van der Waals surface area contributed by atoms with Crippen molar-refractivity contribution in [2.45, 2.75) is 12.5 Å². The fraction of sp³-hybridized carbons (Fsp3) is 0.364. The van der Waals surface area contributed by atoms with Crippen LogP contribution in [0.25, 0.3) is 0 Å². The average Bonchev–Trinajstić information content (AvgIpc) is 2.68. The Morgan fingerprint density at radius 1 is 1.53 bits per heavy atom. The molecule has 104 valence electrons. The predicted molar refractivity (Wildman–Crippen MR) is 71.6 cm³/mol. The van der Waals surface area contributed by atoms with E-state index in [2.05, 4.69) is 5.16 Å². The highest BCUT2D eigenvalue weighted by molar-refractivity contribution is 7.91. The molecule has 19 heavy (non-hydrogen) atoms. The Labute approximate surface area is 115 Å². The maximum atomic E-state index is 11.4. The molecule has 1 aliphatic heterocycles. The maximum absolute atomic E-state index is 11.4. The summed E-state index contributed by atoms with van der Waals surface area (Å²) in [6.07, 6.45) is -0.0153. The van der Waals surface area contributed by atoms with Crippen LogP contribution in [-0.2, 0) is 9.84 Å². The molecule has 1 aliphatic rings. The number of rotatable bonds is 3. The van der Waals surface area contributed by atoms with Crippen molar-refractivity contribution in [2.75, 3.05) is 11.5 Å². The van der Waals surface area contributed by atoms with Crippen molar-refractivity contribution < 1.29 is 18.4 Å². The molecular weight excluding hydrogens is 292 g/mol. The van der Waals surface area contributed by atoms with E-state index in [1.54, 1.807) is 18.2 Å². The molecular formula is C11H13ClN2O4S. The Kier molecular flexibility index (Phi) is 3.86. The lowest BCUT2D eigenvalue weighted by Crippen LogP contribution is -2.21. The summed E-state index contributed by atoms with van der Waals surface area (Å²) in [5.74, 6) is 0.207. The van der Waals surface area contributed by atoms with Crippen LogP contribution in [0, 0.1) is 0 Å². The summed E-state index contributed by atoms with van der Waals surface area (Å²) in [6.45, 7) is 0. The van der Waals surface area contributed by atoms with Gasteiger partial charge in [-0.05, 0) is 18.6 Å². The lowest BCUT2D eigenvalue weighted by atomic mass is 10.2. The van der Waals surface area contributed by atoms with E-state index in [4.69, 9.17) is 27.3 Å². The highest BCUT2D eigenvalue weighted by atomic mass is 35.5. The molecule has 6 nitrogen and oxygen atoms in total. The van der Waals surface area contributed by atoms with Crippen LogP contribution in [0.4, 0.5) is 0 Å². The van der Waals surface area contributed by atoms with Crippen molar-refractivity contribution >= 4 is 27.3 Å². The van der Waals surface area contributed by atoms with E-state index >= 15 is 0 Å². The Morgan fingerprint density at radius 2 is 2.26 bits per heavy atom. The van der Waals surface area contributed by atoms with Crippen molar-refractivity contribution in [2.24, 2.45) is 10.9 Å². The van der Waals surface area contributed by atoms with Gasteiger partial charge in [0.1, 0.15) is 11.9 Å². The van der Waals surface area contributed by atoms with Gasteiger partial charge in [0.2, 0.25) is 0 Å². The number of nitrogens with two attached hydrogens (primary N) is 1. The summed E-state index contributed by atoms with van der Waals surface area (Å²) < 4.78 is 28.4. The highest BCUT2D eigenvalue weighted by Crippen LogP contribution is 2.28.